The Bertz CT molecular complexity index is 571. The van der Waals surface area contributed by atoms with E-state index in [-0.39, 0.29) is 10.7 Å². The van der Waals surface area contributed by atoms with Gasteiger partial charge in [0.05, 0.1) is 5.69 Å². The van der Waals surface area contributed by atoms with E-state index in [9.17, 15) is 14.4 Å². The number of hydrogen-bond acceptors (Lipinski definition) is 5. The predicted octanol–water partition coefficient (Wildman–Crippen LogP) is 1.26. The molecular formula is C13H19ClN4O4. The third-order valence-corrected chi connectivity index (χ3v) is 3.19. The van der Waals surface area contributed by atoms with Gasteiger partial charge in [0.2, 0.25) is 0 Å². The monoisotopic (exact) mass is 330 g/mol. The van der Waals surface area contributed by atoms with Crippen LogP contribution in [0.5, 0.6) is 0 Å². The van der Waals surface area contributed by atoms with E-state index in [0.29, 0.717) is 12.2 Å². The average molecular weight is 331 g/mol. The second-order valence-electron chi connectivity index (χ2n) is 4.53. The van der Waals surface area contributed by atoms with Gasteiger partial charge in [-0.1, -0.05) is 24.9 Å². The molecule has 0 unspecified atom stereocenters. The Hall–Kier alpha value is -2.09. The Morgan fingerprint density at radius 3 is 2.64 bits per heavy atom. The maximum absolute atomic E-state index is 12.0. The van der Waals surface area contributed by atoms with Crippen molar-refractivity contribution in [3.63, 3.8) is 0 Å². The van der Waals surface area contributed by atoms with Crippen LogP contribution in [-0.4, -0.2) is 41.3 Å². The average Bonchev–Trinajstić information content (AvgIpc) is 2.76. The number of ether oxygens (including phenoxy) is 1. The molecule has 9 heteroatoms. The number of nitrogens with zero attached hydrogens (tertiary/aromatic N) is 2. The first-order chi connectivity index (χ1) is 10.4. The number of imide groups is 1. The summed E-state index contributed by atoms with van der Waals surface area (Å²) in [5, 5.41) is 8.55. The molecule has 0 fully saturated rings. The Morgan fingerprint density at radius 2 is 2.05 bits per heavy atom. The number of aryl methyl sites for hydroxylation is 2. The van der Waals surface area contributed by atoms with Gasteiger partial charge in [0.25, 0.3) is 5.91 Å². The Kier molecular flexibility index (Phi) is 6.84. The first kappa shape index (κ1) is 18.0. The van der Waals surface area contributed by atoms with Gasteiger partial charge >= 0.3 is 12.0 Å². The van der Waals surface area contributed by atoms with Crippen LogP contribution in [0.15, 0.2) is 0 Å². The van der Waals surface area contributed by atoms with Gasteiger partial charge in [0.15, 0.2) is 6.61 Å². The zero-order chi connectivity index (χ0) is 16.7. The number of amides is 3. The first-order valence-electron chi connectivity index (χ1n) is 6.82. The molecule has 0 atom stereocenters. The van der Waals surface area contributed by atoms with Gasteiger partial charge in [-0.05, 0) is 13.3 Å². The van der Waals surface area contributed by atoms with Crippen LogP contribution in [0.3, 0.4) is 0 Å². The van der Waals surface area contributed by atoms with E-state index in [2.05, 4.69) is 10.4 Å². The molecule has 0 saturated carbocycles. The summed E-state index contributed by atoms with van der Waals surface area (Å²) in [5.74, 6) is -1.49. The van der Waals surface area contributed by atoms with E-state index in [1.807, 2.05) is 12.2 Å². The number of esters is 1. The second-order valence-corrected chi connectivity index (χ2v) is 4.89. The number of unbranched alkanes of at least 4 members (excludes halogenated alkanes) is 1. The summed E-state index contributed by atoms with van der Waals surface area (Å²) < 4.78 is 6.38. The minimum Gasteiger partial charge on any atom is -0.452 e. The first-order valence-corrected chi connectivity index (χ1v) is 7.20. The van der Waals surface area contributed by atoms with Crippen LogP contribution < -0.4 is 10.6 Å². The normalized spacial score (nSPS) is 10.2. The highest BCUT2D eigenvalue weighted by atomic mass is 35.5. The van der Waals surface area contributed by atoms with Crippen molar-refractivity contribution in [2.45, 2.75) is 33.2 Å². The summed E-state index contributed by atoms with van der Waals surface area (Å²) in [7, 11) is 1.36. The molecule has 0 radical (unpaired) electrons. The summed E-state index contributed by atoms with van der Waals surface area (Å²) in [4.78, 5) is 34.3. The van der Waals surface area contributed by atoms with Crippen LogP contribution in [0.4, 0.5) is 4.79 Å². The summed E-state index contributed by atoms with van der Waals surface area (Å²) >= 11 is 6.12. The van der Waals surface area contributed by atoms with E-state index >= 15 is 0 Å². The zero-order valence-electron chi connectivity index (χ0n) is 12.7. The Balaban J connectivity index is 2.68. The molecule has 8 nitrogen and oxygen atoms in total. The van der Waals surface area contributed by atoms with Crippen LogP contribution in [0.25, 0.3) is 0 Å². The molecule has 0 aliphatic carbocycles. The number of carbonyl (C=O) groups excluding carboxylic acids is 3. The fraction of sp³-hybridized carbons (Fsp3) is 0.538. The van der Waals surface area contributed by atoms with Crippen molar-refractivity contribution in [1.29, 1.82) is 0 Å². The molecule has 122 valence electrons. The van der Waals surface area contributed by atoms with Crippen molar-refractivity contribution < 1.29 is 19.1 Å². The lowest BCUT2D eigenvalue weighted by molar-refractivity contribution is -0.123. The molecule has 1 aromatic rings. The topological polar surface area (TPSA) is 102 Å². The highest BCUT2D eigenvalue weighted by molar-refractivity contribution is 6.32. The standard InChI is InChI=1S/C13H19ClN4O4/c1-4-5-6-18-11(14)10(8(2)17-18)12(20)22-7-9(19)16-13(21)15-3/h4-7H2,1-3H3,(H2,15,16,19,21). The van der Waals surface area contributed by atoms with Gasteiger partial charge in [-0.25, -0.2) is 9.59 Å². The van der Waals surface area contributed by atoms with Crippen molar-refractivity contribution in [3.05, 3.63) is 16.4 Å². The van der Waals surface area contributed by atoms with E-state index in [0.717, 1.165) is 12.8 Å². The molecule has 3 amide bonds. The quantitative estimate of drug-likeness (QED) is 0.764. The van der Waals surface area contributed by atoms with Gasteiger partial charge < -0.3 is 10.1 Å². The molecule has 0 bridgehead atoms. The molecule has 0 aliphatic heterocycles. The third kappa shape index (κ3) is 4.73. The lowest BCUT2D eigenvalue weighted by Crippen LogP contribution is -2.39. The van der Waals surface area contributed by atoms with E-state index in [1.54, 1.807) is 6.92 Å². The molecule has 0 saturated heterocycles. The van der Waals surface area contributed by atoms with Crippen LogP contribution in [-0.2, 0) is 16.1 Å². The number of rotatable bonds is 6. The van der Waals surface area contributed by atoms with Crippen molar-refractivity contribution in [3.8, 4) is 0 Å². The molecule has 0 aromatic carbocycles. The summed E-state index contributed by atoms with van der Waals surface area (Å²) in [6.07, 6.45) is 1.85. The molecule has 1 heterocycles. The van der Waals surface area contributed by atoms with Crippen molar-refractivity contribution >= 4 is 29.5 Å². The smallest absolute Gasteiger partial charge is 0.343 e. The van der Waals surface area contributed by atoms with E-state index in [1.165, 1.54) is 11.7 Å². The maximum atomic E-state index is 12.0. The molecule has 0 aliphatic rings. The maximum Gasteiger partial charge on any atom is 0.343 e. The second kappa shape index (κ2) is 8.38. The third-order valence-electron chi connectivity index (χ3n) is 2.81. The van der Waals surface area contributed by atoms with Crippen LogP contribution in [0.1, 0.15) is 35.8 Å². The lowest BCUT2D eigenvalue weighted by atomic mass is 10.3. The highest BCUT2D eigenvalue weighted by Crippen LogP contribution is 2.21. The Morgan fingerprint density at radius 1 is 1.36 bits per heavy atom. The molecular weight excluding hydrogens is 312 g/mol. The summed E-state index contributed by atoms with van der Waals surface area (Å²) in [6, 6.07) is -0.678. The molecule has 22 heavy (non-hydrogen) atoms. The van der Waals surface area contributed by atoms with Gasteiger partial charge in [0, 0.05) is 13.6 Å². The molecule has 0 spiro atoms. The number of nitrogens with one attached hydrogen (secondary N) is 2. The number of halogens is 1. The fourth-order valence-electron chi connectivity index (χ4n) is 1.67. The number of urea groups is 1. The Labute approximate surface area is 133 Å². The van der Waals surface area contributed by atoms with E-state index in [4.69, 9.17) is 16.3 Å². The molecule has 2 N–H and O–H groups in total. The SMILES string of the molecule is CCCCn1nc(C)c(C(=O)OCC(=O)NC(=O)NC)c1Cl. The predicted molar refractivity (Wildman–Crippen MR) is 79.8 cm³/mol. The van der Waals surface area contributed by atoms with Crippen molar-refractivity contribution in [1.82, 2.24) is 20.4 Å². The number of hydrogen-bond donors (Lipinski definition) is 2. The zero-order valence-corrected chi connectivity index (χ0v) is 13.5. The van der Waals surface area contributed by atoms with Crippen molar-refractivity contribution in [2.75, 3.05) is 13.7 Å². The largest absolute Gasteiger partial charge is 0.452 e. The van der Waals surface area contributed by atoms with Gasteiger partial charge in [0.1, 0.15) is 10.7 Å². The van der Waals surface area contributed by atoms with Gasteiger partial charge in [-0.3, -0.25) is 14.8 Å². The molecule has 1 aromatic heterocycles. The summed E-state index contributed by atoms with van der Waals surface area (Å²) in [5.41, 5.74) is 0.559. The van der Waals surface area contributed by atoms with Crippen LogP contribution in [0, 0.1) is 6.92 Å². The van der Waals surface area contributed by atoms with Crippen molar-refractivity contribution in [2.24, 2.45) is 0 Å². The minimum atomic E-state index is -0.752. The van der Waals surface area contributed by atoms with Crippen LogP contribution in [0.2, 0.25) is 5.15 Å². The number of carbonyl (C=O) groups is 3. The minimum absolute atomic E-state index is 0.130. The highest BCUT2D eigenvalue weighted by Gasteiger charge is 2.22. The fourth-order valence-corrected chi connectivity index (χ4v) is 2.01. The number of aromatic nitrogens is 2. The van der Waals surface area contributed by atoms with Crippen LogP contribution >= 0.6 is 11.6 Å². The lowest BCUT2D eigenvalue weighted by Gasteiger charge is -2.05. The van der Waals surface area contributed by atoms with E-state index < -0.39 is 24.5 Å². The summed E-state index contributed by atoms with van der Waals surface area (Å²) in [6.45, 7) is 3.68. The molecule has 1 rings (SSSR count). The van der Waals surface area contributed by atoms with Gasteiger partial charge in [-0.15, -0.1) is 0 Å². The van der Waals surface area contributed by atoms with Gasteiger partial charge in [-0.2, -0.15) is 5.10 Å².